The lowest BCUT2D eigenvalue weighted by atomic mass is 9.87. The van der Waals surface area contributed by atoms with E-state index in [1.165, 1.54) is 5.56 Å². The third kappa shape index (κ3) is 4.33. The minimum absolute atomic E-state index is 0.0880. The molecule has 0 aliphatic rings. The number of anilines is 1. The molecule has 0 radical (unpaired) electrons. The number of carbonyl (C=O) groups is 1. The first kappa shape index (κ1) is 15.6. The SMILES string of the molecule is CC(C)(C)c1ccc(C(=O)NNc2ccc(Br)cc2)cc1. The Bertz CT molecular complexity index is 613. The summed E-state index contributed by atoms with van der Waals surface area (Å²) in [4.78, 5) is 12.1. The normalized spacial score (nSPS) is 11.0. The lowest BCUT2D eigenvalue weighted by Crippen LogP contribution is -2.29. The van der Waals surface area contributed by atoms with Gasteiger partial charge in [0.1, 0.15) is 0 Å². The molecule has 1 amide bonds. The van der Waals surface area contributed by atoms with E-state index in [4.69, 9.17) is 0 Å². The van der Waals surface area contributed by atoms with Gasteiger partial charge in [-0.25, -0.2) is 0 Å². The van der Waals surface area contributed by atoms with E-state index in [-0.39, 0.29) is 11.3 Å². The maximum atomic E-state index is 12.1. The van der Waals surface area contributed by atoms with Gasteiger partial charge in [0.05, 0.1) is 5.69 Å². The number of amides is 1. The quantitative estimate of drug-likeness (QED) is 0.803. The Hall–Kier alpha value is -1.81. The molecule has 2 aromatic carbocycles. The molecule has 2 aromatic rings. The second kappa shape index (κ2) is 6.31. The molecule has 110 valence electrons. The first-order valence-electron chi connectivity index (χ1n) is 6.79. The van der Waals surface area contributed by atoms with E-state index < -0.39 is 0 Å². The molecule has 0 unspecified atom stereocenters. The summed E-state index contributed by atoms with van der Waals surface area (Å²) in [6.07, 6.45) is 0. The number of nitrogens with one attached hydrogen (secondary N) is 2. The molecule has 4 heteroatoms. The molecule has 3 nitrogen and oxygen atoms in total. The van der Waals surface area contributed by atoms with Crippen molar-refractivity contribution in [3.63, 3.8) is 0 Å². The van der Waals surface area contributed by atoms with Gasteiger partial charge >= 0.3 is 0 Å². The van der Waals surface area contributed by atoms with E-state index in [0.717, 1.165) is 10.2 Å². The zero-order valence-electron chi connectivity index (χ0n) is 12.4. The van der Waals surface area contributed by atoms with Crippen LogP contribution in [0.1, 0.15) is 36.7 Å². The van der Waals surface area contributed by atoms with Crippen LogP contribution in [-0.4, -0.2) is 5.91 Å². The highest BCUT2D eigenvalue weighted by molar-refractivity contribution is 9.10. The lowest BCUT2D eigenvalue weighted by molar-refractivity contribution is 0.0962. The number of hydrogen-bond donors (Lipinski definition) is 2. The van der Waals surface area contributed by atoms with Gasteiger partial charge in [-0.05, 0) is 47.4 Å². The van der Waals surface area contributed by atoms with Gasteiger partial charge in [0.2, 0.25) is 0 Å². The van der Waals surface area contributed by atoms with Crippen LogP contribution in [0.15, 0.2) is 53.0 Å². The van der Waals surface area contributed by atoms with Crippen molar-refractivity contribution in [2.45, 2.75) is 26.2 Å². The molecule has 21 heavy (non-hydrogen) atoms. The first-order valence-corrected chi connectivity index (χ1v) is 7.58. The van der Waals surface area contributed by atoms with Gasteiger partial charge in [0.15, 0.2) is 0 Å². The van der Waals surface area contributed by atoms with Crippen LogP contribution in [0.4, 0.5) is 5.69 Å². The Morgan fingerprint density at radius 2 is 1.52 bits per heavy atom. The molecular formula is C17H19BrN2O. The van der Waals surface area contributed by atoms with Crippen molar-refractivity contribution >= 4 is 27.5 Å². The van der Waals surface area contributed by atoms with Gasteiger partial charge in [-0.2, -0.15) is 0 Å². The summed E-state index contributed by atoms with van der Waals surface area (Å²) in [5, 5.41) is 0. The molecule has 0 aliphatic heterocycles. The molecule has 0 bridgehead atoms. The Morgan fingerprint density at radius 1 is 0.952 bits per heavy atom. The Labute approximate surface area is 133 Å². The average Bonchev–Trinajstić information content (AvgIpc) is 2.45. The predicted octanol–water partition coefficient (Wildman–Crippen LogP) is 4.50. The van der Waals surface area contributed by atoms with E-state index in [9.17, 15) is 4.79 Å². The van der Waals surface area contributed by atoms with Crippen LogP contribution in [0, 0.1) is 0 Å². The van der Waals surface area contributed by atoms with E-state index in [2.05, 4.69) is 47.6 Å². The number of hydrazine groups is 1. The van der Waals surface area contributed by atoms with Gasteiger partial charge < -0.3 is 0 Å². The van der Waals surface area contributed by atoms with E-state index >= 15 is 0 Å². The van der Waals surface area contributed by atoms with Crippen molar-refractivity contribution in [2.24, 2.45) is 0 Å². The van der Waals surface area contributed by atoms with Crippen LogP contribution in [0.3, 0.4) is 0 Å². The second-order valence-electron chi connectivity index (χ2n) is 5.91. The molecular weight excluding hydrogens is 328 g/mol. The molecule has 0 atom stereocenters. The predicted molar refractivity (Wildman–Crippen MR) is 90.4 cm³/mol. The lowest BCUT2D eigenvalue weighted by Gasteiger charge is -2.19. The fourth-order valence-corrected chi connectivity index (χ4v) is 2.12. The second-order valence-corrected chi connectivity index (χ2v) is 6.83. The van der Waals surface area contributed by atoms with E-state index in [0.29, 0.717) is 5.56 Å². The number of carbonyl (C=O) groups excluding carboxylic acids is 1. The Morgan fingerprint density at radius 3 is 2.05 bits per heavy atom. The maximum Gasteiger partial charge on any atom is 0.269 e. The highest BCUT2D eigenvalue weighted by Gasteiger charge is 2.14. The van der Waals surface area contributed by atoms with Gasteiger partial charge in [-0.1, -0.05) is 48.8 Å². The van der Waals surface area contributed by atoms with Crippen molar-refractivity contribution in [3.05, 3.63) is 64.1 Å². The molecule has 0 aromatic heterocycles. The molecule has 0 saturated heterocycles. The van der Waals surface area contributed by atoms with Crippen LogP contribution in [-0.2, 0) is 5.41 Å². The Balaban J connectivity index is 1.99. The number of hydrogen-bond acceptors (Lipinski definition) is 2. The third-order valence-electron chi connectivity index (χ3n) is 3.18. The molecule has 2 N–H and O–H groups in total. The first-order chi connectivity index (χ1) is 9.86. The van der Waals surface area contributed by atoms with Crippen molar-refractivity contribution in [1.29, 1.82) is 0 Å². The maximum absolute atomic E-state index is 12.1. The van der Waals surface area contributed by atoms with Crippen LogP contribution in [0.25, 0.3) is 0 Å². The summed E-state index contributed by atoms with van der Waals surface area (Å²) in [6, 6.07) is 15.3. The minimum Gasteiger partial charge on any atom is -0.298 e. The van der Waals surface area contributed by atoms with Crippen LogP contribution in [0.2, 0.25) is 0 Å². The average molecular weight is 347 g/mol. The highest BCUT2D eigenvalue weighted by atomic mass is 79.9. The van der Waals surface area contributed by atoms with Gasteiger partial charge in [-0.15, -0.1) is 0 Å². The molecule has 0 heterocycles. The summed E-state index contributed by atoms with van der Waals surface area (Å²) in [5.41, 5.74) is 8.34. The molecule has 0 spiro atoms. The summed E-state index contributed by atoms with van der Waals surface area (Å²) >= 11 is 3.37. The standard InChI is InChI=1S/C17H19BrN2O/c1-17(2,3)13-6-4-12(5-7-13)16(21)20-19-15-10-8-14(18)9-11-15/h4-11,19H,1-3H3,(H,20,21). The summed E-state index contributed by atoms with van der Waals surface area (Å²) in [6.45, 7) is 6.45. The fourth-order valence-electron chi connectivity index (χ4n) is 1.86. The van der Waals surface area contributed by atoms with E-state index in [1.54, 1.807) is 0 Å². The Kier molecular flexibility index (Phi) is 4.68. The van der Waals surface area contributed by atoms with E-state index in [1.807, 2.05) is 48.5 Å². The molecule has 0 fully saturated rings. The van der Waals surface area contributed by atoms with Crippen LogP contribution in [0.5, 0.6) is 0 Å². The third-order valence-corrected chi connectivity index (χ3v) is 3.71. The van der Waals surface area contributed by atoms with Crippen molar-refractivity contribution in [1.82, 2.24) is 5.43 Å². The number of benzene rings is 2. The zero-order chi connectivity index (χ0) is 15.5. The highest BCUT2D eigenvalue weighted by Crippen LogP contribution is 2.22. The van der Waals surface area contributed by atoms with Crippen molar-refractivity contribution in [2.75, 3.05) is 5.43 Å². The smallest absolute Gasteiger partial charge is 0.269 e. The number of rotatable bonds is 3. The van der Waals surface area contributed by atoms with Gasteiger partial charge in [-0.3, -0.25) is 15.6 Å². The molecule has 2 rings (SSSR count). The van der Waals surface area contributed by atoms with Crippen LogP contribution >= 0.6 is 15.9 Å². The zero-order valence-corrected chi connectivity index (χ0v) is 14.0. The van der Waals surface area contributed by atoms with Crippen LogP contribution < -0.4 is 10.9 Å². The van der Waals surface area contributed by atoms with Gasteiger partial charge in [0.25, 0.3) is 5.91 Å². The van der Waals surface area contributed by atoms with Crippen molar-refractivity contribution < 1.29 is 4.79 Å². The molecule has 0 aliphatic carbocycles. The topological polar surface area (TPSA) is 41.1 Å². The number of halogens is 1. The summed E-state index contributed by atoms with van der Waals surface area (Å²) in [5.74, 6) is -0.154. The summed E-state index contributed by atoms with van der Waals surface area (Å²) < 4.78 is 0.997. The van der Waals surface area contributed by atoms with Gasteiger partial charge in [0, 0.05) is 10.0 Å². The fraction of sp³-hybridized carbons (Fsp3) is 0.235. The summed E-state index contributed by atoms with van der Waals surface area (Å²) in [7, 11) is 0. The molecule has 0 saturated carbocycles. The monoisotopic (exact) mass is 346 g/mol. The van der Waals surface area contributed by atoms with Crippen molar-refractivity contribution in [3.8, 4) is 0 Å². The minimum atomic E-state index is -0.154. The largest absolute Gasteiger partial charge is 0.298 e.